The average molecular weight is 311 g/mol. The maximum absolute atomic E-state index is 12.4. The number of methoxy groups -OCH3 is 1. The smallest absolute Gasteiger partial charge is 0.317 e. The summed E-state index contributed by atoms with van der Waals surface area (Å²) in [6.07, 6.45) is 9.83. The van der Waals surface area contributed by atoms with E-state index in [2.05, 4.69) is 10.6 Å². The van der Waals surface area contributed by atoms with Crippen LogP contribution in [0.1, 0.15) is 51.4 Å². The molecule has 0 aromatic rings. The number of nitrogens with one attached hydrogen (secondary N) is 2. The Labute approximate surface area is 135 Å². The molecular formula is C17H33N3O2. The highest BCUT2D eigenvalue weighted by Crippen LogP contribution is 2.29. The Hall–Kier alpha value is -0.810. The fourth-order valence-corrected chi connectivity index (χ4v) is 3.81. The molecule has 2 aliphatic rings. The summed E-state index contributed by atoms with van der Waals surface area (Å²) < 4.78 is 5.45. The molecule has 2 rings (SSSR count). The molecule has 1 saturated heterocycles. The van der Waals surface area contributed by atoms with Gasteiger partial charge >= 0.3 is 6.03 Å². The van der Waals surface area contributed by atoms with E-state index in [9.17, 15) is 4.79 Å². The lowest BCUT2D eigenvalue weighted by Gasteiger charge is -2.33. The lowest BCUT2D eigenvalue weighted by molar-refractivity contribution is 0.0539. The number of ether oxygens (including phenoxy) is 1. The lowest BCUT2D eigenvalue weighted by Crippen LogP contribution is -2.50. The van der Waals surface area contributed by atoms with E-state index in [1.165, 1.54) is 19.3 Å². The molecule has 0 bridgehead atoms. The Balaban J connectivity index is 1.77. The first kappa shape index (κ1) is 17.5. The SMILES string of the molecule is CNC[C@H](C[C@H]1CC[C@@H](OC)CC1)NC(=O)N1CCCCC1. The number of likely N-dealkylation sites (N-methyl/N-ethyl adjacent to an activating group) is 1. The first-order valence-electron chi connectivity index (χ1n) is 8.95. The highest BCUT2D eigenvalue weighted by atomic mass is 16.5. The van der Waals surface area contributed by atoms with E-state index in [-0.39, 0.29) is 12.1 Å². The van der Waals surface area contributed by atoms with E-state index in [1.54, 1.807) is 0 Å². The summed E-state index contributed by atoms with van der Waals surface area (Å²) >= 11 is 0. The molecule has 2 amide bonds. The second-order valence-corrected chi connectivity index (χ2v) is 6.87. The predicted molar refractivity (Wildman–Crippen MR) is 89.0 cm³/mol. The van der Waals surface area contributed by atoms with Gasteiger partial charge in [0.25, 0.3) is 0 Å². The van der Waals surface area contributed by atoms with E-state index >= 15 is 0 Å². The maximum atomic E-state index is 12.4. The molecule has 1 aliphatic heterocycles. The third-order valence-electron chi connectivity index (χ3n) is 5.17. The number of carbonyl (C=O) groups is 1. The molecule has 1 heterocycles. The number of carbonyl (C=O) groups excluding carboxylic acids is 1. The van der Waals surface area contributed by atoms with E-state index in [0.717, 1.165) is 51.7 Å². The standard InChI is InChI=1S/C17H33N3O2/c1-18-13-15(12-14-6-8-16(22-2)9-7-14)19-17(21)20-10-4-3-5-11-20/h14-16,18H,3-13H2,1-2H3,(H,19,21)/t14-,15-,16+/m0/s1. The van der Waals surface area contributed by atoms with Gasteiger partial charge in [0.05, 0.1) is 6.10 Å². The molecule has 0 radical (unpaired) electrons. The van der Waals surface area contributed by atoms with Gasteiger partial charge < -0.3 is 20.3 Å². The number of hydrogen-bond acceptors (Lipinski definition) is 3. The predicted octanol–water partition coefficient (Wildman–Crippen LogP) is 2.37. The van der Waals surface area contributed by atoms with Crippen molar-refractivity contribution >= 4 is 6.03 Å². The van der Waals surface area contributed by atoms with Crippen LogP contribution in [0.3, 0.4) is 0 Å². The molecule has 5 nitrogen and oxygen atoms in total. The van der Waals surface area contributed by atoms with Crippen LogP contribution in [0.4, 0.5) is 4.79 Å². The summed E-state index contributed by atoms with van der Waals surface area (Å²) in [6.45, 7) is 2.68. The van der Waals surface area contributed by atoms with Crippen molar-refractivity contribution < 1.29 is 9.53 Å². The molecule has 128 valence electrons. The van der Waals surface area contributed by atoms with Crippen LogP contribution in [0.25, 0.3) is 0 Å². The second kappa shape index (κ2) is 9.36. The van der Waals surface area contributed by atoms with Crippen LogP contribution in [0.5, 0.6) is 0 Å². The van der Waals surface area contributed by atoms with Gasteiger partial charge in [-0.25, -0.2) is 4.79 Å². The minimum absolute atomic E-state index is 0.130. The highest BCUT2D eigenvalue weighted by Gasteiger charge is 2.25. The molecule has 1 aliphatic carbocycles. The van der Waals surface area contributed by atoms with Crippen LogP contribution in [0, 0.1) is 5.92 Å². The molecule has 0 unspecified atom stereocenters. The van der Waals surface area contributed by atoms with Gasteiger partial charge in [-0.05, 0) is 64.3 Å². The normalized spacial score (nSPS) is 27.5. The van der Waals surface area contributed by atoms with Gasteiger partial charge in [0.2, 0.25) is 0 Å². The number of nitrogens with zero attached hydrogens (tertiary/aromatic N) is 1. The van der Waals surface area contributed by atoms with Gasteiger partial charge in [0, 0.05) is 32.8 Å². The maximum Gasteiger partial charge on any atom is 0.317 e. The van der Waals surface area contributed by atoms with Crippen LogP contribution in [0.2, 0.25) is 0 Å². The zero-order chi connectivity index (χ0) is 15.8. The highest BCUT2D eigenvalue weighted by molar-refractivity contribution is 5.74. The van der Waals surface area contributed by atoms with Crippen molar-refractivity contribution in [2.45, 2.75) is 63.5 Å². The van der Waals surface area contributed by atoms with Crippen molar-refractivity contribution in [1.29, 1.82) is 0 Å². The summed E-state index contributed by atoms with van der Waals surface area (Å²) in [4.78, 5) is 14.4. The minimum atomic E-state index is 0.130. The molecule has 0 aromatic carbocycles. The van der Waals surface area contributed by atoms with Crippen LogP contribution in [-0.4, -0.2) is 56.9 Å². The van der Waals surface area contributed by atoms with Crippen molar-refractivity contribution in [2.24, 2.45) is 5.92 Å². The summed E-state index contributed by atoms with van der Waals surface area (Å²) in [5.74, 6) is 0.714. The molecule has 1 saturated carbocycles. The topological polar surface area (TPSA) is 53.6 Å². The largest absolute Gasteiger partial charge is 0.381 e. The zero-order valence-electron chi connectivity index (χ0n) is 14.3. The van der Waals surface area contributed by atoms with E-state index in [4.69, 9.17) is 4.74 Å². The van der Waals surface area contributed by atoms with Crippen LogP contribution in [0.15, 0.2) is 0 Å². The molecule has 1 atom stereocenters. The average Bonchev–Trinajstić information content (AvgIpc) is 2.56. The lowest BCUT2D eigenvalue weighted by atomic mass is 9.83. The Morgan fingerprint density at radius 3 is 2.45 bits per heavy atom. The van der Waals surface area contributed by atoms with E-state index in [1.807, 2.05) is 19.1 Å². The quantitative estimate of drug-likeness (QED) is 0.792. The van der Waals surface area contributed by atoms with E-state index in [0.29, 0.717) is 12.0 Å². The summed E-state index contributed by atoms with van der Waals surface area (Å²) in [6, 6.07) is 0.369. The monoisotopic (exact) mass is 311 g/mol. The molecule has 2 fully saturated rings. The number of rotatable bonds is 6. The fraction of sp³-hybridized carbons (Fsp3) is 0.941. The van der Waals surface area contributed by atoms with Gasteiger partial charge in [0.15, 0.2) is 0 Å². The van der Waals surface area contributed by atoms with Crippen molar-refractivity contribution in [2.75, 3.05) is 33.8 Å². The molecular weight excluding hydrogens is 278 g/mol. The van der Waals surface area contributed by atoms with Gasteiger partial charge in [-0.1, -0.05) is 0 Å². The summed E-state index contributed by atoms with van der Waals surface area (Å²) in [7, 11) is 3.77. The van der Waals surface area contributed by atoms with Crippen molar-refractivity contribution in [3.63, 3.8) is 0 Å². The number of piperidine rings is 1. The van der Waals surface area contributed by atoms with Crippen molar-refractivity contribution in [3.05, 3.63) is 0 Å². The number of amides is 2. The molecule has 2 N–H and O–H groups in total. The van der Waals surface area contributed by atoms with Gasteiger partial charge in [-0.3, -0.25) is 0 Å². The summed E-state index contributed by atoms with van der Waals surface area (Å²) in [5, 5.41) is 6.48. The van der Waals surface area contributed by atoms with E-state index < -0.39 is 0 Å². The summed E-state index contributed by atoms with van der Waals surface area (Å²) in [5.41, 5.74) is 0. The van der Waals surface area contributed by atoms with Crippen molar-refractivity contribution in [3.8, 4) is 0 Å². The van der Waals surface area contributed by atoms with Crippen LogP contribution < -0.4 is 10.6 Å². The second-order valence-electron chi connectivity index (χ2n) is 6.87. The third kappa shape index (κ3) is 5.43. The van der Waals surface area contributed by atoms with Crippen LogP contribution >= 0.6 is 0 Å². The first-order chi connectivity index (χ1) is 10.7. The number of likely N-dealkylation sites (tertiary alicyclic amines) is 1. The number of hydrogen-bond donors (Lipinski definition) is 2. The third-order valence-corrected chi connectivity index (χ3v) is 5.17. The minimum Gasteiger partial charge on any atom is -0.381 e. The van der Waals surface area contributed by atoms with Gasteiger partial charge in [-0.15, -0.1) is 0 Å². The Kier molecular flexibility index (Phi) is 7.46. The van der Waals surface area contributed by atoms with Gasteiger partial charge in [-0.2, -0.15) is 0 Å². The fourth-order valence-electron chi connectivity index (χ4n) is 3.81. The number of urea groups is 1. The Bertz CT molecular complexity index is 324. The first-order valence-corrected chi connectivity index (χ1v) is 8.95. The van der Waals surface area contributed by atoms with Gasteiger partial charge in [0.1, 0.15) is 0 Å². The molecule has 0 spiro atoms. The molecule has 5 heteroatoms. The Morgan fingerprint density at radius 1 is 1.18 bits per heavy atom. The Morgan fingerprint density at radius 2 is 1.86 bits per heavy atom. The molecule has 22 heavy (non-hydrogen) atoms. The van der Waals surface area contributed by atoms with Crippen LogP contribution in [-0.2, 0) is 4.74 Å². The molecule has 0 aromatic heterocycles. The van der Waals surface area contributed by atoms with Crippen molar-refractivity contribution in [1.82, 2.24) is 15.5 Å². The zero-order valence-corrected chi connectivity index (χ0v) is 14.3.